The van der Waals surface area contributed by atoms with Crippen LogP contribution in [0, 0.1) is 5.92 Å². The van der Waals surface area contributed by atoms with Crippen molar-refractivity contribution in [2.24, 2.45) is 11.7 Å². The molecule has 0 amide bonds. The van der Waals surface area contributed by atoms with E-state index in [2.05, 4.69) is 23.8 Å². The van der Waals surface area contributed by atoms with Gasteiger partial charge in [-0.25, -0.2) is 0 Å². The summed E-state index contributed by atoms with van der Waals surface area (Å²) < 4.78 is 0. The molecule has 0 aliphatic carbocycles. The van der Waals surface area contributed by atoms with E-state index in [1.165, 1.54) is 26.1 Å². The van der Waals surface area contributed by atoms with E-state index in [0.717, 1.165) is 12.6 Å². The van der Waals surface area contributed by atoms with E-state index in [-0.39, 0.29) is 0 Å². The average Bonchev–Trinajstić information content (AvgIpc) is 2.61. The van der Waals surface area contributed by atoms with Gasteiger partial charge in [0.2, 0.25) is 0 Å². The topological polar surface area (TPSA) is 32.5 Å². The fraction of sp³-hybridized carbons (Fsp3) is 1.00. The van der Waals surface area contributed by atoms with Gasteiger partial charge in [-0.3, -0.25) is 4.90 Å². The van der Waals surface area contributed by atoms with Gasteiger partial charge in [-0.1, -0.05) is 6.92 Å². The first-order valence-corrected chi connectivity index (χ1v) is 5.35. The Morgan fingerprint density at radius 1 is 1.23 bits per heavy atom. The van der Waals surface area contributed by atoms with Crippen LogP contribution in [0.15, 0.2) is 0 Å². The minimum atomic E-state index is 0.408. The number of hydrogen-bond donors (Lipinski definition) is 1. The van der Waals surface area contributed by atoms with Crippen molar-refractivity contribution in [2.45, 2.75) is 25.4 Å². The smallest absolute Gasteiger partial charge is 0.0236 e. The largest absolute Gasteiger partial charge is 0.326 e. The maximum atomic E-state index is 6.02. The molecule has 3 nitrogen and oxygen atoms in total. The van der Waals surface area contributed by atoms with Gasteiger partial charge in [0.1, 0.15) is 0 Å². The molecule has 2 aliphatic heterocycles. The van der Waals surface area contributed by atoms with E-state index in [1.54, 1.807) is 0 Å². The molecule has 0 aromatic rings. The zero-order chi connectivity index (χ0) is 9.42. The Morgan fingerprint density at radius 2 is 2.00 bits per heavy atom. The highest BCUT2D eigenvalue weighted by Gasteiger charge is 2.33. The van der Waals surface area contributed by atoms with Crippen molar-refractivity contribution in [2.75, 3.05) is 33.2 Å². The predicted octanol–water partition coefficient (Wildman–Crippen LogP) is -0.0305. The zero-order valence-electron chi connectivity index (χ0n) is 8.74. The van der Waals surface area contributed by atoms with Gasteiger partial charge in [0.05, 0.1) is 0 Å². The maximum absolute atomic E-state index is 6.02. The second kappa shape index (κ2) is 3.56. The molecule has 2 heterocycles. The summed E-state index contributed by atoms with van der Waals surface area (Å²) in [7, 11) is 2.21. The molecule has 76 valence electrons. The van der Waals surface area contributed by atoms with E-state index in [1.807, 2.05) is 0 Å². The summed E-state index contributed by atoms with van der Waals surface area (Å²) in [5.41, 5.74) is 6.02. The summed E-state index contributed by atoms with van der Waals surface area (Å²) in [5, 5.41) is 0. The molecule has 2 rings (SSSR count). The first kappa shape index (κ1) is 9.44. The molecule has 0 aromatic heterocycles. The summed E-state index contributed by atoms with van der Waals surface area (Å²) in [6.07, 6.45) is 1.33. The monoisotopic (exact) mass is 183 g/mol. The molecular weight excluding hydrogens is 162 g/mol. The average molecular weight is 183 g/mol. The highest BCUT2D eigenvalue weighted by molar-refractivity contribution is 4.91. The molecule has 2 saturated heterocycles. The van der Waals surface area contributed by atoms with E-state index >= 15 is 0 Å². The van der Waals surface area contributed by atoms with Crippen LogP contribution in [0.5, 0.6) is 0 Å². The maximum Gasteiger partial charge on any atom is 0.0236 e. The minimum Gasteiger partial charge on any atom is -0.326 e. The van der Waals surface area contributed by atoms with Crippen molar-refractivity contribution in [3.05, 3.63) is 0 Å². The van der Waals surface area contributed by atoms with Crippen molar-refractivity contribution in [1.82, 2.24) is 9.80 Å². The van der Waals surface area contributed by atoms with E-state index < -0.39 is 0 Å². The second-order valence-corrected chi connectivity index (χ2v) is 4.80. The lowest BCUT2D eigenvalue weighted by Gasteiger charge is -2.23. The number of nitrogens with two attached hydrogens (primary N) is 1. The van der Waals surface area contributed by atoms with Crippen LogP contribution in [0.1, 0.15) is 13.3 Å². The van der Waals surface area contributed by atoms with Crippen molar-refractivity contribution in [1.29, 1.82) is 0 Å². The fourth-order valence-corrected chi connectivity index (χ4v) is 2.54. The zero-order valence-corrected chi connectivity index (χ0v) is 8.74. The third-order valence-electron chi connectivity index (χ3n) is 3.58. The molecule has 3 heteroatoms. The highest BCUT2D eigenvalue weighted by atomic mass is 15.3. The first-order chi connectivity index (χ1) is 6.16. The number of rotatable bonds is 1. The Morgan fingerprint density at radius 3 is 2.46 bits per heavy atom. The van der Waals surface area contributed by atoms with E-state index in [9.17, 15) is 0 Å². The third kappa shape index (κ3) is 1.87. The van der Waals surface area contributed by atoms with E-state index in [0.29, 0.717) is 12.0 Å². The van der Waals surface area contributed by atoms with Gasteiger partial charge < -0.3 is 10.6 Å². The number of hydrogen-bond acceptors (Lipinski definition) is 3. The first-order valence-electron chi connectivity index (χ1n) is 5.35. The second-order valence-electron chi connectivity index (χ2n) is 4.80. The van der Waals surface area contributed by atoms with Gasteiger partial charge in [0, 0.05) is 31.7 Å². The van der Waals surface area contributed by atoms with Gasteiger partial charge >= 0.3 is 0 Å². The fourth-order valence-electron chi connectivity index (χ4n) is 2.54. The lowest BCUT2D eigenvalue weighted by Crippen LogP contribution is -2.37. The Bertz CT molecular complexity index is 173. The molecule has 3 atom stereocenters. The molecule has 0 aromatic carbocycles. The summed E-state index contributed by atoms with van der Waals surface area (Å²) in [4.78, 5) is 5.00. The molecule has 2 aliphatic rings. The summed E-state index contributed by atoms with van der Waals surface area (Å²) in [5.74, 6) is 0.686. The molecule has 0 radical (unpaired) electrons. The lowest BCUT2D eigenvalue weighted by molar-refractivity contribution is 0.234. The molecule has 2 N–H and O–H groups in total. The van der Waals surface area contributed by atoms with Gasteiger partial charge in [-0.2, -0.15) is 0 Å². The van der Waals surface area contributed by atoms with Crippen molar-refractivity contribution in [3.63, 3.8) is 0 Å². The van der Waals surface area contributed by atoms with Crippen LogP contribution >= 0.6 is 0 Å². The van der Waals surface area contributed by atoms with Gasteiger partial charge in [0.25, 0.3) is 0 Å². The van der Waals surface area contributed by atoms with Crippen LogP contribution in [0.3, 0.4) is 0 Å². The summed E-state index contributed by atoms with van der Waals surface area (Å²) in [6, 6.07) is 1.19. The minimum absolute atomic E-state index is 0.408. The summed E-state index contributed by atoms with van der Waals surface area (Å²) in [6.45, 7) is 7.08. The number of likely N-dealkylation sites (N-methyl/N-ethyl adjacent to an activating group) is 1. The molecule has 2 fully saturated rings. The normalized spacial score (nSPS) is 43.2. The highest BCUT2D eigenvalue weighted by Crippen LogP contribution is 2.22. The lowest BCUT2D eigenvalue weighted by atomic mass is 10.1. The van der Waals surface area contributed by atoms with Crippen LogP contribution in [-0.4, -0.2) is 55.1 Å². The van der Waals surface area contributed by atoms with Gasteiger partial charge in [-0.05, 0) is 25.9 Å². The van der Waals surface area contributed by atoms with Crippen LogP contribution in [0.4, 0.5) is 0 Å². The van der Waals surface area contributed by atoms with Crippen molar-refractivity contribution >= 4 is 0 Å². The Kier molecular flexibility index (Phi) is 2.58. The molecular formula is C10H21N3. The molecule has 13 heavy (non-hydrogen) atoms. The third-order valence-corrected chi connectivity index (χ3v) is 3.58. The van der Waals surface area contributed by atoms with Crippen LogP contribution < -0.4 is 5.73 Å². The van der Waals surface area contributed by atoms with Crippen molar-refractivity contribution < 1.29 is 0 Å². The van der Waals surface area contributed by atoms with Crippen LogP contribution in [-0.2, 0) is 0 Å². The molecule has 0 bridgehead atoms. The van der Waals surface area contributed by atoms with Crippen LogP contribution in [0.25, 0.3) is 0 Å². The Hall–Kier alpha value is -0.120. The number of likely N-dealkylation sites (tertiary alicyclic amines) is 2. The number of nitrogens with zero attached hydrogens (tertiary/aromatic N) is 2. The van der Waals surface area contributed by atoms with Gasteiger partial charge in [0.15, 0.2) is 0 Å². The predicted molar refractivity (Wildman–Crippen MR) is 54.6 cm³/mol. The van der Waals surface area contributed by atoms with Crippen molar-refractivity contribution in [3.8, 4) is 0 Å². The SMILES string of the molecule is CC1CN(C2CCN(C)C2)CC1N. The van der Waals surface area contributed by atoms with Crippen LogP contribution in [0.2, 0.25) is 0 Å². The standard InChI is InChI=1S/C10H21N3/c1-8-5-13(7-10(8)11)9-3-4-12(2)6-9/h8-10H,3-7,11H2,1-2H3. The molecule has 0 saturated carbocycles. The van der Waals surface area contributed by atoms with Gasteiger partial charge in [-0.15, -0.1) is 0 Å². The Balaban J connectivity index is 1.89. The molecule has 3 unspecified atom stereocenters. The quantitative estimate of drug-likeness (QED) is 0.619. The van der Waals surface area contributed by atoms with E-state index in [4.69, 9.17) is 5.73 Å². The molecule has 0 spiro atoms. The summed E-state index contributed by atoms with van der Waals surface area (Å²) >= 11 is 0. The Labute approximate surface area is 80.9 Å².